The Hall–Kier alpha value is -1.36. The van der Waals surface area contributed by atoms with Crippen LogP contribution in [0.1, 0.15) is 39.3 Å². The van der Waals surface area contributed by atoms with Crippen LogP contribution in [0.15, 0.2) is 6.07 Å². The second-order valence-electron chi connectivity index (χ2n) is 5.31. The number of anilines is 2. The molecule has 1 atom stereocenters. The average molecular weight is 266 g/mol. The van der Waals surface area contributed by atoms with E-state index in [1.807, 2.05) is 13.0 Å². The van der Waals surface area contributed by atoms with E-state index in [2.05, 4.69) is 41.4 Å². The highest BCUT2D eigenvalue weighted by Crippen LogP contribution is 2.11. The standard InChI is InChI=1S/C14H26N4O/c1-5-6-15-14-17-11(4)8-13(18-14)16-9-12(19)7-10(2)3/h8,10,12,19H,5-7,9H2,1-4H3,(H2,15,16,17,18). The van der Waals surface area contributed by atoms with Crippen LogP contribution in [0.5, 0.6) is 0 Å². The Bertz CT molecular complexity index is 382. The zero-order valence-electron chi connectivity index (χ0n) is 12.4. The van der Waals surface area contributed by atoms with E-state index in [1.165, 1.54) is 0 Å². The van der Waals surface area contributed by atoms with Gasteiger partial charge in [-0.05, 0) is 25.7 Å². The van der Waals surface area contributed by atoms with Crippen LogP contribution in [-0.2, 0) is 0 Å². The van der Waals surface area contributed by atoms with Gasteiger partial charge in [-0.3, -0.25) is 0 Å². The number of hydrogen-bond acceptors (Lipinski definition) is 5. The van der Waals surface area contributed by atoms with Crippen molar-refractivity contribution in [2.75, 3.05) is 23.7 Å². The van der Waals surface area contributed by atoms with Gasteiger partial charge in [0.2, 0.25) is 5.95 Å². The molecule has 1 aromatic rings. The molecule has 1 aromatic heterocycles. The van der Waals surface area contributed by atoms with Crippen LogP contribution < -0.4 is 10.6 Å². The van der Waals surface area contributed by atoms with Crippen molar-refractivity contribution in [1.82, 2.24) is 9.97 Å². The summed E-state index contributed by atoms with van der Waals surface area (Å²) >= 11 is 0. The maximum absolute atomic E-state index is 9.84. The number of aliphatic hydroxyl groups excluding tert-OH is 1. The monoisotopic (exact) mass is 266 g/mol. The zero-order chi connectivity index (χ0) is 14.3. The van der Waals surface area contributed by atoms with E-state index in [1.54, 1.807) is 0 Å². The maximum Gasteiger partial charge on any atom is 0.224 e. The molecule has 0 aliphatic carbocycles. The third-order valence-electron chi connectivity index (χ3n) is 2.65. The Labute approximate surface area is 115 Å². The fourth-order valence-corrected chi connectivity index (χ4v) is 1.82. The van der Waals surface area contributed by atoms with E-state index in [-0.39, 0.29) is 6.10 Å². The van der Waals surface area contributed by atoms with Gasteiger partial charge in [0.15, 0.2) is 0 Å². The van der Waals surface area contributed by atoms with E-state index < -0.39 is 0 Å². The van der Waals surface area contributed by atoms with Crippen molar-refractivity contribution >= 4 is 11.8 Å². The number of nitrogens with one attached hydrogen (secondary N) is 2. The lowest BCUT2D eigenvalue weighted by Crippen LogP contribution is -2.22. The molecule has 19 heavy (non-hydrogen) atoms. The molecule has 0 fully saturated rings. The van der Waals surface area contributed by atoms with Gasteiger partial charge in [-0.2, -0.15) is 4.98 Å². The Morgan fingerprint density at radius 1 is 1.26 bits per heavy atom. The molecule has 3 N–H and O–H groups in total. The molecular formula is C14H26N4O. The summed E-state index contributed by atoms with van der Waals surface area (Å²) in [7, 11) is 0. The zero-order valence-corrected chi connectivity index (χ0v) is 12.4. The highest BCUT2D eigenvalue weighted by Gasteiger charge is 2.08. The molecule has 1 heterocycles. The minimum absolute atomic E-state index is 0.345. The molecule has 0 amide bonds. The van der Waals surface area contributed by atoms with Crippen molar-refractivity contribution in [3.63, 3.8) is 0 Å². The van der Waals surface area contributed by atoms with Crippen molar-refractivity contribution in [2.45, 2.75) is 46.6 Å². The smallest absolute Gasteiger partial charge is 0.224 e. The molecule has 1 rings (SSSR count). The van der Waals surface area contributed by atoms with Crippen molar-refractivity contribution in [2.24, 2.45) is 5.92 Å². The number of aryl methyl sites for hydroxylation is 1. The molecule has 5 heteroatoms. The molecule has 0 radical (unpaired) electrons. The molecular weight excluding hydrogens is 240 g/mol. The minimum Gasteiger partial charge on any atom is -0.391 e. The molecule has 0 bridgehead atoms. The van der Waals surface area contributed by atoms with Crippen molar-refractivity contribution in [1.29, 1.82) is 0 Å². The van der Waals surface area contributed by atoms with Gasteiger partial charge in [0.25, 0.3) is 0 Å². The SMILES string of the molecule is CCCNc1nc(C)cc(NCC(O)CC(C)C)n1. The van der Waals surface area contributed by atoms with Gasteiger partial charge in [-0.25, -0.2) is 4.98 Å². The lowest BCUT2D eigenvalue weighted by Gasteiger charge is -2.15. The predicted octanol–water partition coefficient (Wildman–Crippen LogP) is 2.43. The minimum atomic E-state index is -0.345. The van der Waals surface area contributed by atoms with Crippen LogP contribution in [0, 0.1) is 12.8 Å². The molecule has 0 aliphatic heterocycles. The summed E-state index contributed by atoms with van der Waals surface area (Å²) in [6, 6.07) is 1.89. The predicted molar refractivity (Wildman–Crippen MR) is 79.5 cm³/mol. The number of aromatic nitrogens is 2. The normalized spacial score (nSPS) is 12.5. The van der Waals surface area contributed by atoms with Gasteiger partial charge in [-0.15, -0.1) is 0 Å². The van der Waals surface area contributed by atoms with Crippen LogP contribution in [0.25, 0.3) is 0 Å². The van der Waals surface area contributed by atoms with Crippen molar-refractivity contribution < 1.29 is 5.11 Å². The lowest BCUT2D eigenvalue weighted by atomic mass is 10.1. The average Bonchev–Trinajstić information content (AvgIpc) is 2.32. The van der Waals surface area contributed by atoms with Gasteiger partial charge in [-0.1, -0.05) is 20.8 Å². The first kappa shape index (κ1) is 15.7. The number of aliphatic hydroxyl groups is 1. The van der Waals surface area contributed by atoms with E-state index in [0.29, 0.717) is 18.4 Å². The molecule has 0 saturated heterocycles. The number of hydrogen-bond donors (Lipinski definition) is 3. The summed E-state index contributed by atoms with van der Waals surface area (Å²) in [5, 5.41) is 16.2. The summed E-state index contributed by atoms with van der Waals surface area (Å²) < 4.78 is 0. The Morgan fingerprint density at radius 2 is 2.00 bits per heavy atom. The highest BCUT2D eigenvalue weighted by molar-refractivity contribution is 5.42. The summed E-state index contributed by atoms with van der Waals surface area (Å²) in [6.45, 7) is 9.62. The van der Waals surface area contributed by atoms with E-state index >= 15 is 0 Å². The van der Waals surface area contributed by atoms with E-state index in [4.69, 9.17) is 0 Å². The lowest BCUT2D eigenvalue weighted by molar-refractivity contribution is 0.161. The Morgan fingerprint density at radius 3 is 2.63 bits per heavy atom. The van der Waals surface area contributed by atoms with E-state index in [0.717, 1.165) is 30.9 Å². The molecule has 0 saturated carbocycles. The summed E-state index contributed by atoms with van der Waals surface area (Å²) in [5.41, 5.74) is 0.912. The Balaban J connectivity index is 2.55. The number of rotatable bonds is 8. The van der Waals surface area contributed by atoms with Gasteiger partial charge < -0.3 is 15.7 Å². The molecule has 108 valence electrons. The van der Waals surface area contributed by atoms with Crippen LogP contribution in [0.4, 0.5) is 11.8 Å². The van der Waals surface area contributed by atoms with Crippen molar-refractivity contribution in [3.8, 4) is 0 Å². The first-order valence-electron chi connectivity index (χ1n) is 7.02. The van der Waals surface area contributed by atoms with Crippen molar-refractivity contribution in [3.05, 3.63) is 11.8 Å². The highest BCUT2D eigenvalue weighted by atomic mass is 16.3. The van der Waals surface area contributed by atoms with Gasteiger partial charge in [0, 0.05) is 24.8 Å². The summed E-state index contributed by atoms with van der Waals surface area (Å²) in [4.78, 5) is 8.70. The van der Waals surface area contributed by atoms with Crippen LogP contribution in [-0.4, -0.2) is 34.3 Å². The topological polar surface area (TPSA) is 70.1 Å². The first-order valence-corrected chi connectivity index (χ1v) is 7.02. The summed E-state index contributed by atoms with van der Waals surface area (Å²) in [6.07, 6.45) is 1.48. The maximum atomic E-state index is 9.84. The second kappa shape index (κ2) is 7.94. The third kappa shape index (κ3) is 6.38. The quantitative estimate of drug-likeness (QED) is 0.674. The fourth-order valence-electron chi connectivity index (χ4n) is 1.82. The summed E-state index contributed by atoms with van der Waals surface area (Å²) in [5.74, 6) is 1.89. The van der Waals surface area contributed by atoms with E-state index in [9.17, 15) is 5.11 Å². The van der Waals surface area contributed by atoms with Crippen LogP contribution >= 0.6 is 0 Å². The van der Waals surface area contributed by atoms with Gasteiger partial charge in [0.05, 0.1) is 6.10 Å². The third-order valence-corrected chi connectivity index (χ3v) is 2.65. The molecule has 0 aromatic carbocycles. The van der Waals surface area contributed by atoms with Gasteiger partial charge >= 0.3 is 0 Å². The van der Waals surface area contributed by atoms with Crippen LogP contribution in [0.3, 0.4) is 0 Å². The molecule has 1 unspecified atom stereocenters. The largest absolute Gasteiger partial charge is 0.391 e. The second-order valence-corrected chi connectivity index (χ2v) is 5.31. The number of nitrogens with zero attached hydrogens (tertiary/aromatic N) is 2. The first-order chi connectivity index (χ1) is 9.01. The van der Waals surface area contributed by atoms with Crippen LogP contribution in [0.2, 0.25) is 0 Å². The Kier molecular flexibility index (Phi) is 6.56. The molecule has 5 nitrogen and oxygen atoms in total. The molecule has 0 aliphatic rings. The fraction of sp³-hybridized carbons (Fsp3) is 0.714. The molecule has 0 spiro atoms. The van der Waals surface area contributed by atoms with Gasteiger partial charge in [0.1, 0.15) is 5.82 Å².